The zero-order valence-electron chi connectivity index (χ0n) is 17.7. The summed E-state index contributed by atoms with van der Waals surface area (Å²) in [5.74, 6) is 0.327. The second kappa shape index (κ2) is 10.0. The molecule has 1 aromatic heterocycles. The van der Waals surface area contributed by atoms with Gasteiger partial charge in [0.25, 0.3) is 11.8 Å². The van der Waals surface area contributed by atoms with Crippen LogP contribution in [0.2, 0.25) is 5.15 Å². The number of hydrogen-bond donors (Lipinski definition) is 2. The van der Waals surface area contributed by atoms with Gasteiger partial charge in [-0.15, -0.1) is 0 Å². The molecule has 166 valence electrons. The number of anilines is 2. The monoisotopic (exact) mass is 461 g/mol. The van der Waals surface area contributed by atoms with Crippen LogP contribution >= 0.6 is 11.6 Å². The van der Waals surface area contributed by atoms with Crippen LogP contribution in [0.5, 0.6) is 11.5 Å². The Balaban J connectivity index is 1.43. The summed E-state index contributed by atoms with van der Waals surface area (Å²) >= 11 is 6.09. The molecule has 0 aliphatic heterocycles. The molecular weight excluding hydrogens is 442 g/mol. The molecule has 8 heteroatoms. The molecule has 0 fully saturated rings. The van der Waals surface area contributed by atoms with Crippen molar-refractivity contribution in [1.29, 1.82) is 0 Å². The van der Waals surface area contributed by atoms with Crippen molar-refractivity contribution in [3.8, 4) is 11.5 Å². The van der Waals surface area contributed by atoms with Crippen LogP contribution in [0.25, 0.3) is 10.9 Å². The molecule has 0 radical (unpaired) electrons. The number of rotatable bonds is 7. The Hall–Kier alpha value is -4.10. The van der Waals surface area contributed by atoms with Crippen LogP contribution in [0, 0.1) is 0 Å². The average Bonchev–Trinajstić information content (AvgIpc) is 2.82. The summed E-state index contributed by atoms with van der Waals surface area (Å²) in [6.45, 7) is -0.196. The molecule has 0 atom stereocenters. The third kappa shape index (κ3) is 5.39. The molecule has 3 aromatic carbocycles. The minimum Gasteiger partial charge on any atom is -0.493 e. The first-order valence-corrected chi connectivity index (χ1v) is 10.4. The number of amides is 2. The maximum absolute atomic E-state index is 12.9. The second-order valence-corrected chi connectivity index (χ2v) is 7.42. The summed E-state index contributed by atoms with van der Waals surface area (Å²) in [6, 6.07) is 22.7. The number of hydrogen-bond acceptors (Lipinski definition) is 5. The number of fused-ring (bicyclic) bond motifs is 1. The molecule has 4 rings (SSSR count). The summed E-state index contributed by atoms with van der Waals surface area (Å²) in [5.41, 5.74) is 2.07. The second-order valence-electron chi connectivity index (χ2n) is 7.03. The number of nitrogens with zero attached hydrogens (tertiary/aromatic N) is 1. The number of para-hydroxylation sites is 3. The van der Waals surface area contributed by atoms with Gasteiger partial charge in [0.1, 0.15) is 5.15 Å². The topological polar surface area (TPSA) is 89.5 Å². The van der Waals surface area contributed by atoms with Crippen LogP contribution in [0.1, 0.15) is 10.4 Å². The number of ether oxygens (including phenoxy) is 2. The Kier molecular flexibility index (Phi) is 6.71. The number of pyridine rings is 1. The van der Waals surface area contributed by atoms with Crippen molar-refractivity contribution >= 4 is 45.7 Å². The van der Waals surface area contributed by atoms with Crippen LogP contribution in [0.15, 0.2) is 78.9 Å². The summed E-state index contributed by atoms with van der Waals surface area (Å²) in [7, 11) is 1.53. The van der Waals surface area contributed by atoms with Crippen molar-refractivity contribution in [2.24, 2.45) is 0 Å². The Morgan fingerprint density at radius 3 is 2.36 bits per heavy atom. The number of benzene rings is 3. The fraction of sp³-hybridized carbons (Fsp3) is 0.0800. The predicted molar refractivity (Wildman–Crippen MR) is 128 cm³/mol. The molecule has 0 bridgehead atoms. The van der Waals surface area contributed by atoms with Gasteiger partial charge in [0, 0.05) is 16.8 Å². The van der Waals surface area contributed by atoms with Crippen molar-refractivity contribution in [2.75, 3.05) is 24.4 Å². The summed E-state index contributed by atoms with van der Waals surface area (Å²) in [5, 5.41) is 6.52. The minimum absolute atomic E-state index is 0.196. The molecule has 0 aliphatic rings. The van der Waals surface area contributed by atoms with E-state index in [-0.39, 0.29) is 23.6 Å². The maximum atomic E-state index is 12.9. The molecule has 0 unspecified atom stereocenters. The van der Waals surface area contributed by atoms with E-state index < -0.39 is 0 Å². The van der Waals surface area contributed by atoms with E-state index in [0.29, 0.717) is 39.3 Å². The number of nitrogens with one attached hydrogen (secondary N) is 2. The van der Waals surface area contributed by atoms with Crippen molar-refractivity contribution in [1.82, 2.24) is 4.98 Å². The van der Waals surface area contributed by atoms with Gasteiger partial charge < -0.3 is 20.1 Å². The van der Waals surface area contributed by atoms with Crippen LogP contribution < -0.4 is 20.1 Å². The minimum atomic E-state index is -0.351. The molecule has 33 heavy (non-hydrogen) atoms. The molecule has 7 nitrogen and oxygen atoms in total. The third-order valence-electron chi connectivity index (χ3n) is 4.76. The van der Waals surface area contributed by atoms with Crippen LogP contribution in [-0.2, 0) is 4.79 Å². The average molecular weight is 462 g/mol. The molecule has 0 saturated heterocycles. The summed E-state index contributed by atoms with van der Waals surface area (Å²) in [4.78, 5) is 29.5. The van der Waals surface area contributed by atoms with Gasteiger partial charge in [-0.2, -0.15) is 0 Å². The lowest BCUT2D eigenvalue weighted by Crippen LogP contribution is -2.20. The molecule has 4 aromatic rings. The molecular formula is C25H20ClN3O4. The fourth-order valence-corrected chi connectivity index (χ4v) is 3.48. The first-order valence-electron chi connectivity index (χ1n) is 10.1. The zero-order valence-corrected chi connectivity index (χ0v) is 18.4. The van der Waals surface area contributed by atoms with Crippen LogP contribution in [0.4, 0.5) is 11.4 Å². The number of carbonyl (C=O) groups is 2. The third-order valence-corrected chi connectivity index (χ3v) is 4.96. The normalized spacial score (nSPS) is 10.5. The van der Waals surface area contributed by atoms with Crippen molar-refractivity contribution in [3.05, 3.63) is 89.6 Å². The molecule has 0 spiro atoms. The highest BCUT2D eigenvalue weighted by molar-refractivity contribution is 6.30. The van der Waals surface area contributed by atoms with Gasteiger partial charge in [0.15, 0.2) is 18.1 Å². The first-order chi connectivity index (χ1) is 16.0. The number of halogens is 1. The largest absolute Gasteiger partial charge is 0.493 e. The van der Waals surface area contributed by atoms with Gasteiger partial charge in [-0.05, 0) is 42.5 Å². The van der Waals surface area contributed by atoms with Crippen molar-refractivity contribution in [2.45, 2.75) is 0 Å². The first kappa shape index (κ1) is 22.1. The molecule has 0 aliphatic carbocycles. The number of carbonyl (C=O) groups excluding carboxylic acids is 2. The van der Waals surface area contributed by atoms with E-state index >= 15 is 0 Å². The van der Waals surface area contributed by atoms with E-state index in [9.17, 15) is 9.59 Å². The molecule has 2 amide bonds. The lowest BCUT2D eigenvalue weighted by atomic mass is 10.1. The highest BCUT2D eigenvalue weighted by atomic mass is 35.5. The van der Waals surface area contributed by atoms with Gasteiger partial charge in [-0.3, -0.25) is 9.59 Å². The predicted octanol–water partition coefficient (Wildman–Crippen LogP) is 5.17. The van der Waals surface area contributed by atoms with E-state index in [0.717, 1.165) is 0 Å². The Morgan fingerprint density at radius 1 is 0.879 bits per heavy atom. The lowest BCUT2D eigenvalue weighted by Gasteiger charge is -2.12. The van der Waals surface area contributed by atoms with Gasteiger partial charge >= 0.3 is 0 Å². The van der Waals surface area contributed by atoms with E-state index in [1.54, 1.807) is 48.5 Å². The van der Waals surface area contributed by atoms with E-state index in [1.807, 2.05) is 24.3 Å². The van der Waals surface area contributed by atoms with Gasteiger partial charge in [0.05, 0.1) is 18.2 Å². The standard InChI is InChI=1S/C25H20ClN3O4/c1-32-21-11-4-5-12-22(21)33-15-24(30)27-16-7-6-8-17(13-16)28-25(31)19-14-23(26)29-20-10-3-2-9-18(19)20/h2-14H,15H2,1H3,(H,27,30)(H,28,31). The SMILES string of the molecule is COc1ccccc1OCC(=O)Nc1cccc(NC(=O)c2cc(Cl)nc3ccccc23)c1. The highest BCUT2D eigenvalue weighted by Gasteiger charge is 2.13. The lowest BCUT2D eigenvalue weighted by molar-refractivity contribution is -0.118. The quantitative estimate of drug-likeness (QED) is 0.371. The zero-order chi connectivity index (χ0) is 23.2. The molecule has 2 N–H and O–H groups in total. The smallest absolute Gasteiger partial charge is 0.262 e. The summed E-state index contributed by atoms with van der Waals surface area (Å²) < 4.78 is 10.8. The number of methoxy groups -OCH3 is 1. The Morgan fingerprint density at radius 2 is 1.58 bits per heavy atom. The Labute approximate surface area is 195 Å². The van der Waals surface area contributed by atoms with Gasteiger partial charge in [-0.25, -0.2) is 4.98 Å². The van der Waals surface area contributed by atoms with Crippen LogP contribution in [0.3, 0.4) is 0 Å². The maximum Gasteiger partial charge on any atom is 0.262 e. The molecule has 1 heterocycles. The van der Waals surface area contributed by atoms with Crippen molar-refractivity contribution in [3.63, 3.8) is 0 Å². The van der Waals surface area contributed by atoms with E-state index in [1.165, 1.54) is 13.2 Å². The Bertz CT molecular complexity index is 1330. The van der Waals surface area contributed by atoms with Gasteiger partial charge in [-0.1, -0.05) is 48.0 Å². The van der Waals surface area contributed by atoms with Crippen LogP contribution in [-0.4, -0.2) is 30.5 Å². The van der Waals surface area contributed by atoms with E-state index in [4.69, 9.17) is 21.1 Å². The van der Waals surface area contributed by atoms with Gasteiger partial charge in [0.2, 0.25) is 0 Å². The van der Waals surface area contributed by atoms with E-state index in [2.05, 4.69) is 15.6 Å². The summed E-state index contributed by atoms with van der Waals surface area (Å²) in [6.07, 6.45) is 0. The fourth-order valence-electron chi connectivity index (χ4n) is 3.28. The van der Waals surface area contributed by atoms with Crippen molar-refractivity contribution < 1.29 is 19.1 Å². The highest BCUT2D eigenvalue weighted by Crippen LogP contribution is 2.26. The molecule has 0 saturated carbocycles. The number of aromatic nitrogens is 1.